The number of hydrogen-bond donors (Lipinski definition) is 1. The van der Waals surface area contributed by atoms with Gasteiger partial charge in [-0.1, -0.05) is 39.0 Å². The van der Waals surface area contributed by atoms with Crippen molar-refractivity contribution < 1.29 is 14.6 Å². The summed E-state index contributed by atoms with van der Waals surface area (Å²) in [7, 11) is 0. The van der Waals surface area contributed by atoms with E-state index in [9.17, 15) is 9.90 Å². The standard InChI is InChI=1S/C13H22O3/c1-4-7-8-11(6-3)12(14)10-13(15)16-9-5-2/h5,8,12,14H,2,4,6-7,9-10H2,1,3H3/b11-8-/t12-/m0/s1. The fraction of sp³-hybridized carbons (Fsp3) is 0.615. The van der Waals surface area contributed by atoms with E-state index in [4.69, 9.17) is 4.74 Å². The minimum Gasteiger partial charge on any atom is -0.461 e. The lowest BCUT2D eigenvalue weighted by Gasteiger charge is -2.12. The van der Waals surface area contributed by atoms with Crippen LogP contribution in [0.15, 0.2) is 24.3 Å². The van der Waals surface area contributed by atoms with E-state index < -0.39 is 6.10 Å². The number of unbranched alkanes of at least 4 members (excludes halogenated alkanes) is 1. The van der Waals surface area contributed by atoms with Gasteiger partial charge < -0.3 is 9.84 Å². The minimum absolute atomic E-state index is 0.0250. The highest BCUT2D eigenvalue weighted by Gasteiger charge is 2.14. The van der Waals surface area contributed by atoms with Crippen molar-refractivity contribution in [3.05, 3.63) is 24.3 Å². The molecule has 0 heterocycles. The van der Waals surface area contributed by atoms with Gasteiger partial charge in [0.15, 0.2) is 0 Å². The molecule has 0 amide bonds. The molecule has 3 nitrogen and oxygen atoms in total. The van der Waals surface area contributed by atoms with Gasteiger partial charge in [-0.25, -0.2) is 0 Å². The van der Waals surface area contributed by atoms with Crippen LogP contribution in [0.25, 0.3) is 0 Å². The molecule has 0 fully saturated rings. The van der Waals surface area contributed by atoms with Gasteiger partial charge in [0, 0.05) is 0 Å². The zero-order valence-corrected chi connectivity index (χ0v) is 10.2. The van der Waals surface area contributed by atoms with Crippen LogP contribution < -0.4 is 0 Å². The van der Waals surface area contributed by atoms with Crippen molar-refractivity contribution in [1.82, 2.24) is 0 Å². The van der Waals surface area contributed by atoms with Gasteiger partial charge in [-0.15, -0.1) is 0 Å². The Morgan fingerprint density at radius 2 is 2.19 bits per heavy atom. The first-order chi connectivity index (χ1) is 7.65. The van der Waals surface area contributed by atoms with Crippen LogP contribution in [0.3, 0.4) is 0 Å². The Kier molecular flexibility index (Phi) is 8.53. The summed E-state index contributed by atoms with van der Waals surface area (Å²) in [6.07, 6.45) is 5.56. The molecule has 0 radical (unpaired) electrons. The van der Waals surface area contributed by atoms with Crippen LogP contribution in [-0.2, 0) is 9.53 Å². The predicted molar refractivity (Wildman–Crippen MR) is 65.1 cm³/mol. The Morgan fingerprint density at radius 3 is 2.69 bits per heavy atom. The fourth-order valence-corrected chi connectivity index (χ4v) is 1.35. The third-order valence-electron chi connectivity index (χ3n) is 2.25. The Morgan fingerprint density at radius 1 is 1.50 bits per heavy atom. The van der Waals surface area contributed by atoms with E-state index in [2.05, 4.69) is 13.5 Å². The first kappa shape index (κ1) is 14.9. The van der Waals surface area contributed by atoms with Gasteiger partial charge in [-0.2, -0.15) is 0 Å². The number of carbonyl (C=O) groups is 1. The maximum Gasteiger partial charge on any atom is 0.309 e. The lowest BCUT2D eigenvalue weighted by molar-refractivity contribution is -0.144. The third-order valence-corrected chi connectivity index (χ3v) is 2.25. The first-order valence-electron chi connectivity index (χ1n) is 5.79. The number of aliphatic hydroxyl groups is 1. The lowest BCUT2D eigenvalue weighted by atomic mass is 10.0. The fourth-order valence-electron chi connectivity index (χ4n) is 1.35. The highest BCUT2D eigenvalue weighted by Crippen LogP contribution is 2.13. The van der Waals surface area contributed by atoms with Gasteiger partial charge in [0.25, 0.3) is 0 Å². The molecule has 0 rings (SSSR count). The van der Waals surface area contributed by atoms with E-state index >= 15 is 0 Å². The molecule has 0 saturated carbocycles. The molecule has 0 aromatic carbocycles. The number of esters is 1. The van der Waals surface area contributed by atoms with E-state index in [0.717, 1.165) is 24.8 Å². The van der Waals surface area contributed by atoms with E-state index in [-0.39, 0.29) is 19.0 Å². The summed E-state index contributed by atoms with van der Waals surface area (Å²) in [4.78, 5) is 11.2. The molecule has 0 unspecified atom stereocenters. The topological polar surface area (TPSA) is 46.5 Å². The summed E-state index contributed by atoms with van der Waals surface area (Å²) in [6, 6.07) is 0. The molecule has 0 spiro atoms. The maximum atomic E-state index is 11.2. The quantitative estimate of drug-likeness (QED) is 0.511. The summed E-state index contributed by atoms with van der Waals surface area (Å²) in [5.74, 6) is -0.386. The Bertz CT molecular complexity index is 244. The van der Waals surface area contributed by atoms with Crippen molar-refractivity contribution in [1.29, 1.82) is 0 Å². The molecule has 0 aromatic heterocycles. The molecule has 16 heavy (non-hydrogen) atoms. The molecule has 0 aromatic rings. The van der Waals surface area contributed by atoms with Gasteiger partial charge in [-0.05, 0) is 18.4 Å². The number of rotatable bonds is 8. The highest BCUT2D eigenvalue weighted by atomic mass is 16.5. The number of hydrogen-bond acceptors (Lipinski definition) is 3. The van der Waals surface area contributed by atoms with Crippen molar-refractivity contribution in [3.63, 3.8) is 0 Å². The highest BCUT2D eigenvalue weighted by molar-refractivity contribution is 5.70. The molecular formula is C13H22O3. The van der Waals surface area contributed by atoms with Crippen molar-refractivity contribution in [2.24, 2.45) is 0 Å². The van der Waals surface area contributed by atoms with Crippen LogP contribution in [0.4, 0.5) is 0 Å². The number of aliphatic hydroxyl groups excluding tert-OH is 1. The molecule has 0 saturated heterocycles. The van der Waals surface area contributed by atoms with Crippen LogP contribution in [0.1, 0.15) is 39.5 Å². The van der Waals surface area contributed by atoms with Gasteiger partial charge in [0.1, 0.15) is 6.61 Å². The lowest BCUT2D eigenvalue weighted by Crippen LogP contribution is -2.18. The van der Waals surface area contributed by atoms with E-state index in [1.54, 1.807) is 0 Å². The molecule has 1 N–H and O–H groups in total. The van der Waals surface area contributed by atoms with Crippen LogP contribution in [0, 0.1) is 0 Å². The molecule has 92 valence electrons. The van der Waals surface area contributed by atoms with E-state index in [0.29, 0.717) is 0 Å². The van der Waals surface area contributed by atoms with E-state index in [1.807, 2.05) is 13.0 Å². The SMILES string of the molecule is C=CCOC(=O)C[C@H](O)/C(=C\CCC)CC. The van der Waals surface area contributed by atoms with Crippen molar-refractivity contribution in [2.45, 2.75) is 45.6 Å². The predicted octanol–water partition coefficient (Wildman–Crippen LogP) is 2.60. The Balaban J connectivity index is 4.14. The molecule has 3 heteroatoms. The van der Waals surface area contributed by atoms with Gasteiger partial charge in [-0.3, -0.25) is 4.79 Å². The van der Waals surface area contributed by atoms with Crippen molar-refractivity contribution in [3.8, 4) is 0 Å². The first-order valence-corrected chi connectivity index (χ1v) is 5.79. The van der Waals surface area contributed by atoms with Crippen molar-refractivity contribution >= 4 is 5.97 Å². The average molecular weight is 226 g/mol. The molecule has 0 aliphatic carbocycles. The summed E-state index contributed by atoms with van der Waals surface area (Å²) in [5.41, 5.74) is 0.914. The molecule has 0 aliphatic rings. The second kappa shape index (κ2) is 9.16. The minimum atomic E-state index is -0.714. The summed E-state index contributed by atoms with van der Waals surface area (Å²) >= 11 is 0. The zero-order chi connectivity index (χ0) is 12.4. The second-order valence-corrected chi connectivity index (χ2v) is 3.61. The molecule has 1 atom stereocenters. The summed E-state index contributed by atoms with van der Waals surface area (Å²) < 4.78 is 4.82. The summed E-state index contributed by atoms with van der Waals surface area (Å²) in [5, 5.41) is 9.81. The van der Waals surface area contributed by atoms with Gasteiger partial charge in [0.2, 0.25) is 0 Å². The zero-order valence-electron chi connectivity index (χ0n) is 10.2. The maximum absolute atomic E-state index is 11.2. The molecule has 0 aliphatic heterocycles. The van der Waals surface area contributed by atoms with E-state index in [1.165, 1.54) is 6.08 Å². The largest absolute Gasteiger partial charge is 0.461 e. The normalized spacial score (nSPS) is 13.3. The average Bonchev–Trinajstić information content (AvgIpc) is 2.27. The van der Waals surface area contributed by atoms with Crippen LogP contribution in [0.2, 0.25) is 0 Å². The third kappa shape index (κ3) is 6.40. The number of ether oxygens (including phenoxy) is 1. The second-order valence-electron chi connectivity index (χ2n) is 3.61. The van der Waals surface area contributed by atoms with Crippen LogP contribution >= 0.6 is 0 Å². The Hall–Kier alpha value is -1.09. The number of carbonyl (C=O) groups excluding carboxylic acids is 1. The molecule has 0 bridgehead atoms. The summed E-state index contributed by atoms with van der Waals surface area (Å²) in [6.45, 7) is 7.70. The van der Waals surface area contributed by atoms with Gasteiger partial charge in [0.05, 0.1) is 12.5 Å². The smallest absolute Gasteiger partial charge is 0.309 e. The van der Waals surface area contributed by atoms with Crippen LogP contribution in [0.5, 0.6) is 0 Å². The number of allylic oxidation sites excluding steroid dienone is 1. The van der Waals surface area contributed by atoms with Crippen molar-refractivity contribution in [2.75, 3.05) is 6.61 Å². The van der Waals surface area contributed by atoms with Gasteiger partial charge >= 0.3 is 5.97 Å². The monoisotopic (exact) mass is 226 g/mol. The Labute approximate surface area is 97.8 Å². The van der Waals surface area contributed by atoms with Crippen LogP contribution in [-0.4, -0.2) is 23.8 Å². The molecular weight excluding hydrogens is 204 g/mol.